The van der Waals surface area contributed by atoms with Gasteiger partial charge in [-0.05, 0) is 29.8 Å². The lowest BCUT2D eigenvalue weighted by atomic mass is 10.2. The average Bonchev–Trinajstić information content (AvgIpc) is 2.74. The molecule has 30 heavy (non-hydrogen) atoms. The number of rotatable bonds is 7. The Kier molecular flexibility index (Phi) is 9.07. The van der Waals surface area contributed by atoms with E-state index >= 15 is 0 Å². The summed E-state index contributed by atoms with van der Waals surface area (Å²) in [6.45, 7) is -0.202. The third kappa shape index (κ3) is 8.79. The molecule has 0 fully saturated rings. The maximum absolute atomic E-state index is 12.1. The van der Waals surface area contributed by atoms with Crippen molar-refractivity contribution in [3.8, 4) is 5.75 Å². The van der Waals surface area contributed by atoms with Crippen molar-refractivity contribution in [2.45, 2.75) is 11.5 Å². The third-order valence-corrected chi connectivity index (χ3v) is 6.07. The van der Waals surface area contributed by atoms with Crippen molar-refractivity contribution in [1.29, 1.82) is 0 Å². The molecule has 0 bridgehead atoms. The van der Waals surface area contributed by atoms with E-state index in [9.17, 15) is 22.9 Å². The molecule has 1 N–H and O–H groups in total. The minimum atomic E-state index is -4.57. The van der Waals surface area contributed by atoms with Crippen LogP contribution >= 0.6 is 0 Å². The molecule has 3 aromatic carbocycles. The SMILES string of the molecule is C[S+](CC(=O)c1ccccc1)c1ccc(O)cc1.O=S(=O)([O-])OCc1ccccc1. The predicted octanol–water partition coefficient (Wildman–Crippen LogP) is 3.55. The van der Waals surface area contributed by atoms with E-state index in [0.29, 0.717) is 11.3 Å². The van der Waals surface area contributed by atoms with Gasteiger partial charge in [0.05, 0.1) is 6.61 Å². The number of aromatic hydroxyl groups is 1. The Morgan fingerprint density at radius 1 is 0.933 bits per heavy atom. The van der Waals surface area contributed by atoms with E-state index in [1.165, 1.54) is 0 Å². The Morgan fingerprint density at radius 2 is 1.47 bits per heavy atom. The van der Waals surface area contributed by atoms with Gasteiger partial charge in [0.15, 0.2) is 10.6 Å². The Labute approximate surface area is 179 Å². The summed E-state index contributed by atoms with van der Waals surface area (Å²) in [5.41, 5.74) is 1.41. The monoisotopic (exact) mass is 446 g/mol. The largest absolute Gasteiger partial charge is 0.726 e. The second-order valence-electron chi connectivity index (χ2n) is 6.22. The number of phenols is 1. The summed E-state index contributed by atoms with van der Waals surface area (Å²) in [7, 11) is -4.71. The first-order chi connectivity index (χ1) is 14.2. The molecule has 0 amide bonds. The predicted molar refractivity (Wildman–Crippen MR) is 116 cm³/mol. The molecule has 0 aliphatic heterocycles. The summed E-state index contributed by atoms with van der Waals surface area (Å²) in [6, 6.07) is 25.0. The number of ketones is 1. The van der Waals surface area contributed by atoms with Crippen LogP contribution in [0.1, 0.15) is 15.9 Å². The summed E-state index contributed by atoms with van der Waals surface area (Å²) in [5.74, 6) is 0.925. The molecular formula is C22H22O6S2. The van der Waals surface area contributed by atoms with Crippen LogP contribution in [0, 0.1) is 0 Å². The molecule has 0 saturated heterocycles. The van der Waals surface area contributed by atoms with E-state index in [0.717, 1.165) is 10.5 Å². The van der Waals surface area contributed by atoms with Crippen LogP contribution in [0.25, 0.3) is 0 Å². The maximum Gasteiger partial charge on any atom is 0.217 e. The van der Waals surface area contributed by atoms with Crippen LogP contribution in [-0.4, -0.2) is 35.9 Å². The van der Waals surface area contributed by atoms with Crippen LogP contribution in [0.5, 0.6) is 5.75 Å². The molecule has 3 aromatic rings. The fraction of sp³-hybridized carbons (Fsp3) is 0.136. The topological polar surface area (TPSA) is 104 Å². The van der Waals surface area contributed by atoms with Gasteiger partial charge in [0.1, 0.15) is 12.0 Å². The standard InChI is InChI=1S/C15H14O2S.C7H8O4S/c1-18(14-9-7-13(16)8-10-14)11-15(17)12-5-3-2-4-6-12;8-12(9,10)11-6-7-4-2-1-3-5-7/h2-10H,11H2,1H3;1-5H,6H2,(H,8,9,10). The fourth-order valence-corrected chi connectivity index (χ4v) is 3.99. The highest BCUT2D eigenvalue weighted by atomic mass is 32.3. The average molecular weight is 447 g/mol. The second-order valence-corrected chi connectivity index (χ2v) is 9.31. The molecule has 0 aromatic heterocycles. The molecule has 1 unspecified atom stereocenters. The molecule has 0 aliphatic carbocycles. The van der Waals surface area contributed by atoms with Crippen molar-refractivity contribution in [1.82, 2.24) is 0 Å². The van der Waals surface area contributed by atoms with Gasteiger partial charge in [0.25, 0.3) is 0 Å². The zero-order valence-electron chi connectivity index (χ0n) is 16.3. The highest BCUT2D eigenvalue weighted by molar-refractivity contribution is 7.96. The molecule has 0 aliphatic rings. The van der Waals surface area contributed by atoms with Gasteiger partial charge in [-0.15, -0.1) is 0 Å². The van der Waals surface area contributed by atoms with E-state index in [1.54, 1.807) is 42.5 Å². The van der Waals surface area contributed by atoms with Crippen LogP contribution in [-0.2, 0) is 32.1 Å². The van der Waals surface area contributed by atoms with E-state index in [-0.39, 0.29) is 29.0 Å². The number of carbonyl (C=O) groups excluding carboxylic acids is 1. The Hall–Kier alpha value is -2.65. The smallest absolute Gasteiger partial charge is 0.217 e. The molecule has 8 heteroatoms. The van der Waals surface area contributed by atoms with Gasteiger partial charge in [0.2, 0.25) is 16.2 Å². The lowest BCUT2D eigenvalue weighted by Gasteiger charge is -2.06. The van der Waals surface area contributed by atoms with Crippen molar-refractivity contribution < 1.29 is 27.1 Å². The first-order valence-electron chi connectivity index (χ1n) is 8.88. The van der Waals surface area contributed by atoms with E-state index in [2.05, 4.69) is 4.18 Å². The fourth-order valence-electron chi connectivity index (χ4n) is 2.38. The first-order valence-corrected chi connectivity index (χ1v) is 12.0. The van der Waals surface area contributed by atoms with E-state index in [4.69, 9.17) is 0 Å². The van der Waals surface area contributed by atoms with Crippen LogP contribution in [0.4, 0.5) is 0 Å². The molecule has 0 radical (unpaired) electrons. The number of phenolic OH excluding ortho intramolecular Hbond substituents is 1. The first kappa shape index (κ1) is 23.6. The lowest BCUT2D eigenvalue weighted by molar-refractivity contribution is 0.102. The summed E-state index contributed by atoms with van der Waals surface area (Å²) >= 11 is 0. The normalized spacial score (nSPS) is 11.8. The minimum absolute atomic E-state index is 0.133. The minimum Gasteiger partial charge on any atom is -0.726 e. The van der Waals surface area contributed by atoms with Gasteiger partial charge in [-0.3, -0.25) is 8.98 Å². The maximum atomic E-state index is 12.1. The van der Waals surface area contributed by atoms with E-state index < -0.39 is 10.4 Å². The van der Waals surface area contributed by atoms with E-state index in [1.807, 2.05) is 48.7 Å². The molecule has 3 rings (SSSR count). The van der Waals surface area contributed by atoms with Gasteiger partial charge < -0.3 is 9.66 Å². The molecule has 0 spiro atoms. The van der Waals surface area contributed by atoms with Gasteiger partial charge >= 0.3 is 0 Å². The molecule has 1 atom stereocenters. The van der Waals surface area contributed by atoms with Gasteiger partial charge in [-0.25, -0.2) is 8.42 Å². The van der Waals surface area contributed by atoms with Gasteiger partial charge in [-0.2, -0.15) is 0 Å². The van der Waals surface area contributed by atoms with Crippen LogP contribution in [0.3, 0.4) is 0 Å². The van der Waals surface area contributed by atoms with Crippen LogP contribution in [0.15, 0.2) is 89.8 Å². The third-order valence-electron chi connectivity index (χ3n) is 3.90. The molecule has 6 nitrogen and oxygen atoms in total. The van der Waals surface area contributed by atoms with Crippen LogP contribution in [0.2, 0.25) is 0 Å². The Bertz CT molecular complexity index is 1020. The zero-order valence-corrected chi connectivity index (χ0v) is 17.9. The summed E-state index contributed by atoms with van der Waals surface area (Å²) in [4.78, 5) is 13.1. The van der Waals surface area contributed by atoms with Crippen molar-refractivity contribution >= 4 is 27.1 Å². The van der Waals surface area contributed by atoms with Crippen LogP contribution < -0.4 is 0 Å². The molecule has 0 saturated carbocycles. The zero-order chi connectivity index (χ0) is 22.0. The van der Waals surface area contributed by atoms with Gasteiger partial charge in [-0.1, -0.05) is 60.7 Å². The second kappa shape index (κ2) is 11.5. The summed E-state index contributed by atoms with van der Waals surface area (Å²) < 4.78 is 34.1. The highest BCUT2D eigenvalue weighted by Gasteiger charge is 2.21. The summed E-state index contributed by atoms with van der Waals surface area (Å²) in [6.07, 6.45) is 2.05. The molecular weight excluding hydrogens is 424 g/mol. The molecule has 0 heterocycles. The van der Waals surface area contributed by atoms with Crippen molar-refractivity contribution in [3.05, 3.63) is 96.1 Å². The number of Topliss-reactive ketones (excluding diaryl/α,β-unsaturated/α-hetero) is 1. The lowest BCUT2D eigenvalue weighted by Crippen LogP contribution is -2.15. The summed E-state index contributed by atoms with van der Waals surface area (Å²) in [5, 5.41) is 9.23. The van der Waals surface area contributed by atoms with Crippen molar-refractivity contribution in [2.75, 3.05) is 12.0 Å². The number of carbonyl (C=O) groups is 1. The molecule has 158 valence electrons. The van der Waals surface area contributed by atoms with Crippen molar-refractivity contribution in [3.63, 3.8) is 0 Å². The number of benzene rings is 3. The quantitative estimate of drug-likeness (QED) is 0.258. The number of hydrogen-bond donors (Lipinski definition) is 1. The Morgan fingerprint density at radius 3 is 2.00 bits per heavy atom. The van der Waals surface area contributed by atoms with Crippen molar-refractivity contribution in [2.24, 2.45) is 0 Å². The number of hydrogen-bond acceptors (Lipinski definition) is 6. The van der Waals surface area contributed by atoms with Gasteiger partial charge in [0, 0.05) is 16.5 Å². The Balaban J connectivity index is 0.000000232. The highest BCUT2D eigenvalue weighted by Crippen LogP contribution is 2.17.